The number of nitrogens with zero attached hydrogens (tertiary/aromatic N) is 2. The highest BCUT2D eigenvalue weighted by Crippen LogP contribution is 2.27. The van der Waals surface area contributed by atoms with Crippen LogP contribution in [0.1, 0.15) is 17.5 Å². The molecule has 0 unspecified atom stereocenters. The minimum absolute atomic E-state index is 0.274. The molecule has 28 heavy (non-hydrogen) atoms. The van der Waals surface area contributed by atoms with Crippen LogP contribution in [-0.4, -0.2) is 27.8 Å². The van der Waals surface area contributed by atoms with E-state index < -0.39 is 0 Å². The van der Waals surface area contributed by atoms with Gasteiger partial charge in [0, 0.05) is 18.2 Å². The lowest BCUT2D eigenvalue weighted by Gasteiger charge is -1.99. The quantitative estimate of drug-likeness (QED) is 0.661. The second-order valence-electron chi connectivity index (χ2n) is 6.13. The van der Waals surface area contributed by atoms with Gasteiger partial charge in [-0.05, 0) is 60.0 Å². The van der Waals surface area contributed by atoms with Gasteiger partial charge < -0.3 is 10.8 Å². The Kier molecular flexibility index (Phi) is 6.94. The van der Waals surface area contributed by atoms with Crippen molar-refractivity contribution in [2.24, 2.45) is 10.7 Å². The Morgan fingerprint density at radius 3 is 2.61 bits per heavy atom. The minimum Gasteiger partial charge on any atom is -0.396 e. The number of amides is 1. The third kappa shape index (κ3) is 5.52. The molecule has 0 aliphatic carbocycles. The molecule has 142 valence electrons. The van der Waals surface area contributed by atoms with E-state index in [4.69, 9.17) is 10.8 Å². The fourth-order valence-electron chi connectivity index (χ4n) is 2.69. The Bertz CT molecular complexity index is 1020. The predicted molar refractivity (Wildman–Crippen MR) is 116 cm³/mol. The van der Waals surface area contributed by atoms with Crippen LogP contribution < -0.4 is 5.73 Å². The number of aliphatic imine (C=N–C) groups is 1. The van der Waals surface area contributed by atoms with Gasteiger partial charge in [0.2, 0.25) is 0 Å². The SMILES string of the molecule is NC1=NC(=O)/C(=C/c2ccc3ncccc3c2)S1.OCCCc1ccccc1. The van der Waals surface area contributed by atoms with Gasteiger partial charge in [0.15, 0.2) is 5.17 Å². The number of hydrogen-bond donors (Lipinski definition) is 2. The molecule has 0 saturated carbocycles. The van der Waals surface area contributed by atoms with Crippen molar-refractivity contribution in [3.05, 3.63) is 82.9 Å². The van der Waals surface area contributed by atoms with Gasteiger partial charge in [0.1, 0.15) is 0 Å². The van der Waals surface area contributed by atoms with Crippen LogP contribution in [0.25, 0.3) is 17.0 Å². The first-order chi connectivity index (χ1) is 13.7. The zero-order valence-electron chi connectivity index (χ0n) is 15.3. The maximum Gasteiger partial charge on any atom is 0.286 e. The van der Waals surface area contributed by atoms with E-state index in [-0.39, 0.29) is 12.5 Å². The molecule has 0 saturated heterocycles. The van der Waals surface area contributed by atoms with E-state index in [2.05, 4.69) is 22.1 Å². The zero-order chi connectivity index (χ0) is 19.8. The number of nitrogens with two attached hydrogens (primary N) is 1. The van der Waals surface area contributed by atoms with Gasteiger partial charge in [-0.15, -0.1) is 0 Å². The number of carbonyl (C=O) groups excluding carboxylic acids is 1. The number of aliphatic hydroxyl groups is 1. The molecule has 1 amide bonds. The molecule has 0 radical (unpaired) electrons. The van der Waals surface area contributed by atoms with Gasteiger partial charge in [-0.1, -0.05) is 42.5 Å². The summed E-state index contributed by atoms with van der Waals surface area (Å²) in [5.74, 6) is -0.274. The fraction of sp³-hybridized carbons (Fsp3) is 0.136. The van der Waals surface area contributed by atoms with Crippen LogP contribution in [0.3, 0.4) is 0 Å². The molecule has 2 aromatic carbocycles. The molecule has 0 fully saturated rings. The summed E-state index contributed by atoms with van der Waals surface area (Å²) in [7, 11) is 0. The van der Waals surface area contributed by atoms with Crippen molar-refractivity contribution in [2.75, 3.05) is 6.61 Å². The summed E-state index contributed by atoms with van der Waals surface area (Å²) in [6, 6.07) is 19.9. The van der Waals surface area contributed by atoms with Crippen LogP contribution in [0.15, 0.2) is 76.8 Å². The van der Waals surface area contributed by atoms with E-state index in [0.717, 1.165) is 29.3 Å². The molecule has 0 atom stereocenters. The van der Waals surface area contributed by atoms with Crippen molar-refractivity contribution in [1.82, 2.24) is 4.98 Å². The highest BCUT2D eigenvalue weighted by Gasteiger charge is 2.19. The Morgan fingerprint density at radius 1 is 1.07 bits per heavy atom. The molecular weight excluding hydrogens is 370 g/mol. The van der Waals surface area contributed by atoms with Crippen molar-refractivity contribution in [2.45, 2.75) is 12.8 Å². The summed E-state index contributed by atoms with van der Waals surface area (Å²) < 4.78 is 0. The molecule has 2 heterocycles. The van der Waals surface area contributed by atoms with Crippen molar-refractivity contribution < 1.29 is 9.90 Å². The number of rotatable bonds is 4. The fourth-order valence-corrected chi connectivity index (χ4v) is 3.37. The summed E-state index contributed by atoms with van der Waals surface area (Å²) in [6.45, 7) is 0.287. The molecular formula is C22H21N3O2S. The highest BCUT2D eigenvalue weighted by atomic mass is 32.2. The molecule has 1 aliphatic rings. The first kappa shape index (κ1) is 19.8. The molecule has 1 aliphatic heterocycles. The topological polar surface area (TPSA) is 88.6 Å². The van der Waals surface area contributed by atoms with E-state index in [1.165, 1.54) is 17.3 Å². The van der Waals surface area contributed by atoms with E-state index >= 15 is 0 Å². The third-order valence-corrected chi connectivity index (χ3v) is 4.84. The summed E-state index contributed by atoms with van der Waals surface area (Å²) >= 11 is 1.20. The summed E-state index contributed by atoms with van der Waals surface area (Å²) in [5, 5.41) is 9.87. The van der Waals surface area contributed by atoms with Crippen LogP contribution in [0.4, 0.5) is 0 Å². The monoisotopic (exact) mass is 391 g/mol. The average Bonchev–Trinajstić information content (AvgIpc) is 3.04. The Labute approximate surface area is 168 Å². The molecule has 4 rings (SSSR count). The summed E-state index contributed by atoms with van der Waals surface area (Å²) in [6.07, 6.45) is 5.40. The molecule has 1 aromatic heterocycles. The lowest BCUT2D eigenvalue weighted by Crippen LogP contribution is -2.01. The normalized spacial score (nSPS) is 14.7. The number of pyridine rings is 1. The van der Waals surface area contributed by atoms with Gasteiger partial charge in [0.25, 0.3) is 5.91 Å². The lowest BCUT2D eigenvalue weighted by molar-refractivity contribution is -0.113. The Morgan fingerprint density at radius 2 is 1.89 bits per heavy atom. The van der Waals surface area contributed by atoms with Crippen LogP contribution in [0.2, 0.25) is 0 Å². The van der Waals surface area contributed by atoms with E-state index in [9.17, 15) is 4.79 Å². The second kappa shape index (κ2) is 9.82. The van der Waals surface area contributed by atoms with Crippen LogP contribution in [-0.2, 0) is 11.2 Å². The average molecular weight is 391 g/mol. The minimum atomic E-state index is -0.274. The summed E-state index contributed by atoms with van der Waals surface area (Å²) in [4.78, 5) is 19.9. The second-order valence-corrected chi connectivity index (χ2v) is 7.20. The summed E-state index contributed by atoms with van der Waals surface area (Å²) in [5.41, 5.74) is 8.68. The first-order valence-electron chi connectivity index (χ1n) is 8.93. The van der Waals surface area contributed by atoms with Gasteiger partial charge in [-0.25, -0.2) is 0 Å². The number of benzene rings is 2. The van der Waals surface area contributed by atoms with Crippen molar-refractivity contribution in [3.8, 4) is 0 Å². The molecule has 3 N–H and O–H groups in total. The lowest BCUT2D eigenvalue weighted by atomic mass is 10.1. The molecule has 0 bridgehead atoms. The third-order valence-electron chi connectivity index (χ3n) is 4.03. The number of aryl methyl sites for hydroxylation is 1. The predicted octanol–water partition coefficient (Wildman–Crippen LogP) is 3.78. The Hall–Kier alpha value is -2.96. The molecule has 6 heteroatoms. The maximum atomic E-state index is 11.5. The number of thioether (sulfide) groups is 1. The van der Waals surface area contributed by atoms with E-state index in [0.29, 0.717) is 10.1 Å². The number of hydrogen-bond acceptors (Lipinski definition) is 5. The molecule has 0 spiro atoms. The maximum absolute atomic E-state index is 11.5. The van der Waals surface area contributed by atoms with Gasteiger partial charge in [0.05, 0.1) is 10.4 Å². The zero-order valence-corrected chi connectivity index (χ0v) is 16.1. The van der Waals surface area contributed by atoms with Crippen LogP contribution >= 0.6 is 11.8 Å². The van der Waals surface area contributed by atoms with Gasteiger partial charge >= 0.3 is 0 Å². The molecule has 5 nitrogen and oxygen atoms in total. The number of aromatic nitrogens is 1. The van der Waals surface area contributed by atoms with Crippen LogP contribution in [0, 0.1) is 0 Å². The van der Waals surface area contributed by atoms with E-state index in [1.54, 1.807) is 12.3 Å². The largest absolute Gasteiger partial charge is 0.396 e. The number of carbonyl (C=O) groups is 1. The first-order valence-corrected chi connectivity index (χ1v) is 9.75. The van der Waals surface area contributed by atoms with Gasteiger partial charge in [-0.3, -0.25) is 9.78 Å². The van der Waals surface area contributed by atoms with Gasteiger partial charge in [-0.2, -0.15) is 4.99 Å². The number of amidine groups is 1. The number of fused-ring (bicyclic) bond motifs is 1. The van der Waals surface area contributed by atoms with Crippen LogP contribution in [0.5, 0.6) is 0 Å². The van der Waals surface area contributed by atoms with Crippen molar-refractivity contribution in [3.63, 3.8) is 0 Å². The molecule has 3 aromatic rings. The number of aliphatic hydroxyl groups excluding tert-OH is 1. The highest BCUT2D eigenvalue weighted by molar-refractivity contribution is 8.18. The van der Waals surface area contributed by atoms with Crippen molar-refractivity contribution in [1.29, 1.82) is 0 Å². The van der Waals surface area contributed by atoms with Crippen molar-refractivity contribution >= 4 is 39.8 Å². The Balaban J connectivity index is 0.000000192. The standard InChI is InChI=1S/C13H9N3OS.C9H12O/c14-13-16-12(17)11(18-13)7-8-3-4-10-9(6-8)2-1-5-15-10;10-8-4-7-9-5-2-1-3-6-9/h1-7H,(H2,14,16,17);1-3,5-6,10H,4,7-8H2/b11-7-;. The smallest absolute Gasteiger partial charge is 0.286 e. The van der Waals surface area contributed by atoms with E-state index in [1.807, 2.05) is 48.5 Å².